The molecule has 0 spiro atoms. The summed E-state index contributed by atoms with van der Waals surface area (Å²) in [6.45, 7) is 0. The summed E-state index contributed by atoms with van der Waals surface area (Å²) in [5, 5.41) is 0. The molecule has 32 heavy (non-hydrogen) atoms. The van der Waals surface area contributed by atoms with E-state index in [1.54, 1.807) is 0 Å². The highest BCUT2D eigenvalue weighted by atomic mass is 15.1. The van der Waals surface area contributed by atoms with Gasteiger partial charge in [0.05, 0.1) is 0 Å². The van der Waals surface area contributed by atoms with Crippen LogP contribution in [0.4, 0.5) is 5.69 Å². The number of fused-ring (bicyclic) bond motifs is 1. The van der Waals surface area contributed by atoms with Gasteiger partial charge in [0.25, 0.3) is 0 Å². The quantitative estimate of drug-likeness (QED) is 0.349. The summed E-state index contributed by atoms with van der Waals surface area (Å²) >= 11 is 0. The Kier molecular flexibility index (Phi) is 5.36. The van der Waals surface area contributed by atoms with Crippen molar-refractivity contribution in [3.8, 4) is 22.5 Å². The zero-order valence-corrected chi connectivity index (χ0v) is 19.0. The zero-order chi connectivity index (χ0) is 22.1. The first-order valence-electron chi connectivity index (χ1n) is 11.3. The molecule has 4 aromatic rings. The van der Waals surface area contributed by atoms with Gasteiger partial charge >= 0.3 is 0 Å². The molecule has 1 aliphatic carbocycles. The Hall–Kier alpha value is -3.65. The first-order chi connectivity index (χ1) is 15.6. The predicted octanol–water partition coefficient (Wildman–Crippen LogP) is 6.40. The molecule has 0 fully saturated rings. The van der Waals surface area contributed by atoms with Crippen molar-refractivity contribution in [2.45, 2.75) is 12.8 Å². The van der Waals surface area contributed by atoms with Crippen molar-refractivity contribution in [2.24, 2.45) is 7.05 Å². The Bertz CT molecular complexity index is 1220. The van der Waals surface area contributed by atoms with Gasteiger partial charge in [-0.3, -0.25) is 0 Å². The number of aryl methyl sites for hydroxylation is 1. The Labute approximate surface area is 191 Å². The van der Waals surface area contributed by atoms with Crippen LogP contribution in [0.1, 0.15) is 23.1 Å². The SMILES string of the molecule is CN(C)c1ccc2c(c1)CC/C2=C\c1cc(-c2ccccc2)[n+](C)c(-c2ccccc2)c1. The number of rotatable bonds is 4. The van der Waals surface area contributed by atoms with Crippen LogP contribution in [0.15, 0.2) is 91.0 Å². The van der Waals surface area contributed by atoms with Crippen molar-refractivity contribution < 1.29 is 4.57 Å². The molecule has 0 saturated carbocycles. The van der Waals surface area contributed by atoms with Gasteiger partial charge in [-0.1, -0.05) is 48.5 Å². The van der Waals surface area contributed by atoms with Crippen LogP contribution in [0.2, 0.25) is 0 Å². The maximum atomic E-state index is 2.39. The molecular weight excluding hydrogens is 388 g/mol. The maximum Gasteiger partial charge on any atom is 0.213 e. The lowest BCUT2D eigenvalue weighted by molar-refractivity contribution is -0.649. The lowest BCUT2D eigenvalue weighted by Crippen LogP contribution is -2.34. The van der Waals surface area contributed by atoms with E-state index in [1.807, 2.05) is 0 Å². The molecule has 0 unspecified atom stereocenters. The minimum atomic E-state index is 1.09. The van der Waals surface area contributed by atoms with E-state index in [9.17, 15) is 0 Å². The van der Waals surface area contributed by atoms with E-state index in [-0.39, 0.29) is 0 Å². The standard InChI is InChI=1S/C30H29N2/c1-31(2)27-16-17-28-25(14-15-26(28)21-27)18-22-19-29(23-10-6-4-7-11-23)32(3)30(20-22)24-12-8-5-9-13-24/h4-13,16-21H,14-15H2,1-3H3/q+1. The fourth-order valence-corrected chi connectivity index (χ4v) is 4.67. The summed E-state index contributed by atoms with van der Waals surface area (Å²) in [4.78, 5) is 2.18. The summed E-state index contributed by atoms with van der Waals surface area (Å²) in [6.07, 6.45) is 4.59. The molecule has 0 atom stereocenters. The Morgan fingerprint density at radius 3 is 1.88 bits per heavy atom. The minimum absolute atomic E-state index is 1.09. The highest BCUT2D eigenvalue weighted by molar-refractivity contribution is 5.87. The van der Waals surface area contributed by atoms with Crippen molar-refractivity contribution in [3.63, 3.8) is 0 Å². The summed E-state index contributed by atoms with van der Waals surface area (Å²) < 4.78 is 2.30. The molecule has 1 aliphatic rings. The monoisotopic (exact) mass is 417 g/mol. The average Bonchev–Trinajstić information content (AvgIpc) is 3.23. The van der Waals surface area contributed by atoms with Gasteiger partial charge in [-0.2, -0.15) is 4.57 Å². The Balaban J connectivity index is 1.64. The van der Waals surface area contributed by atoms with Crippen molar-refractivity contribution >= 4 is 17.3 Å². The normalized spacial score (nSPS) is 13.9. The van der Waals surface area contributed by atoms with E-state index >= 15 is 0 Å². The molecule has 0 radical (unpaired) electrons. The van der Waals surface area contributed by atoms with E-state index in [0.29, 0.717) is 0 Å². The predicted molar refractivity (Wildman–Crippen MR) is 135 cm³/mol. The van der Waals surface area contributed by atoms with Crippen molar-refractivity contribution in [1.82, 2.24) is 0 Å². The van der Waals surface area contributed by atoms with E-state index in [0.717, 1.165) is 12.8 Å². The van der Waals surface area contributed by atoms with E-state index in [2.05, 4.69) is 128 Å². The largest absolute Gasteiger partial charge is 0.378 e. The first-order valence-corrected chi connectivity index (χ1v) is 11.3. The summed E-state index contributed by atoms with van der Waals surface area (Å²) in [7, 11) is 6.37. The van der Waals surface area contributed by atoms with Crippen LogP contribution in [0.3, 0.4) is 0 Å². The van der Waals surface area contributed by atoms with Crippen LogP contribution >= 0.6 is 0 Å². The van der Waals surface area contributed by atoms with E-state index in [1.165, 1.54) is 50.5 Å². The van der Waals surface area contributed by atoms with Gasteiger partial charge in [-0.25, -0.2) is 0 Å². The lowest BCUT2D eigenvalue weighted by atomic mass is 10.00. The molecule has 0 saturated heterocycles. The van der Waals surface area contributed by atoms with Crippen LogP contribution in [0, 0.1) is 0 Å². The fourth-order valence-electron chi connectivity index (χ4n) is 4.67. The van der Waals surface area contributed by atoms with Gasteiger partial charge in [-0.15, -0.1) is 0 Å². The molecule has 2 nitrogen and oxygen atoms in total. The molecule has 1 heterocycles. The third-order valence-corrected chi connectivity index (χ3v) is 6.42. The third kappa shape index (κ3) is 3.85. The third-order valence-electron chi connectivity index (χ3n) is 6.42. The fraction of sp³-hybridized carbons (Fsp3) is 0.167. The summed E-state index contributed by atoms with van der Waals surface area (Å²) in [6, 6.07) is 32.8. The van der Waals surface area contributed by atoms with Gasteiger partial charge in [0, 0.05) is 43.0 Å². The molecule has 158 valence electrons. The molecule has 1 aromatic heterocycles. The smallest absolute Gasteiger partial charge is 0.213 e. The van der Waals surface area contributed by atoms with Gasteiger partial charge in [0.2, 0.25) is 11.4 Å². The van der Waals surface area contributed by atoms with Gasteiger partial charge in [0.1, 0.15) is 7.05 Å². The maximum absolute atomic E-state index is 2.39. The number of aromatic nitrogens is 1. The van der Waals surface area contributed by atoms with Crippen LogP contribution < -0.4 is 9.47 Å². The van der Waals surface area contributed by atoms with E-state index < -0.39 is 0 Å². The molecule has 2 heteroatoms. The minimum Gasteiger partial charge on any atom is -0.378 e. The molecule has 0 N–H and O–H groups in total. The van der Waals surface area contributed by atoms with Crippen molar-refractivity contribution in [2.75, 3.05) is 19.0 Å². The Morgan fingerprint density at radius 2 is 1.31 bits per heavy atom. The molecule has 0 amide bonds. The number of benzene rings is 3. The van der Waals surface area contributed by atoms with Crippen LogP contribution in [-0.4, -0.2) is 14.1 Å². The Morgan fingerprint density at radius 1 is 0.719 bits per heavy atom. The van der Waals surface area contributed by atoms with Crippen LogP contribution in [-0.2, 0) is 13.5 Å². The van der Waals surface area contributed by atoms with Crippen LogP contribution in [0.25, 0.3) is 34.2 Å². The average molecular weight is 418 g/mol. The number of hydrogen-bond donors (Lipinski definition) is 0. The van der Waals surface area contributed by atoms with Crippen molar-refractivity contribution in [3.05, 3.63) is 108 Å². The van der Waals surface area contributed by atoms with Crippen LogP contribution in [0.5, 0.6) is 0 Å². The topological polar surface area (TPSA) is 7.12 Å². The number of anilines is 1. The number of nitrogens with zero attached hydrogens (tertiary/aromatic N) is 2. The second-order valence-electron chi connectivity index (χ2n) is 8.76. The molecular formula is C30H29N2+. The zero-order valence-electron chi connectivity index (χ0n) is 19.0. The number of allylic oxidation sites excluding steroid dienone is 1. The van der Waals surface area contributed by atoms with E-state index in [4.69, 9.17) is 0 Å². The molecule has 0 aliphatic heterocycles. The first kappa shape index (κ1) is 20.3. The number of hydrogen-bond acceptors (Lipinski definition) is 1. The van der Waals surface area contributed by atoms with Gasteiger partial charge in [0.15, 0.2) is 0 Å². The molecule has 3 aromatic carbocycles. The van der Waals surface area contributed by atoms with Gasteiger partial charge in [-0.05, 0) is 71.5 Å². The summed E-state index contributed by atoms with van der Waals surface area (Å²) in [5.41, 5.74) is 11.7. The molecule has 5 rings (SSSR count). The summed E-state index contributed by atoms with van der Waals surface area (Å²) in [5.74, 6) is 0. The lowest BCUT2D eigenvalue weighted by Gasteiger charge is -2.14. The molecule has 0 bridgehead atoms. The highest BCUT2D eigenvalue weighted by Gasteiger charge is 2.20. The van der Waals surface area contributed by atoms with Crippen molar-refractivity contribution in [1.29, 1.82) is 0 Å². The highest BCUT2D eigenvalue weighted by Crippen LogP contribution is 2.36. The second-order valence-corrected chi connectivity index (χ2v) is 8.76. The van der Waals surface area contributed by atoms with Gasteiger partial charge < -0.3 is 4.90 Å². The second kappa shape index (κ2) is 8.47. The number of pyridine rings is 1.